The molecule has 2 aromatic carbocycles. The van der Waals surface area contributed by atoms with Gasteiger partial charge in [-0.25, -0.2) is 0 Å². The molecule has 1 aliphatic rings. The Balaban J connectivity index is 1.63. The first-order valence-electron chi connectivity index (χ1n) is 11.5. The number of benzene rings is 2. The van der Waals surface area contributed by atoms with Gasteiger partial charge in [0, 0.05) is 56.6 Å². The average molecular weight is 475 g/mol. The number of amides is 2. The molecular formula is C27H30N4O4. The fourth-order valence-corrected chi connectivity index (χ4v) is 4.36. The Morgan fingerprint density at radius 3 is 2.46 bits per heavy atom. The zero-order valence-electron chi connectivity index (χ0n) is 20.2. The lowest BCUT2D eigenvalue weighted by Crippen LogP contribution is -2.52. The summed E-state index contributed by atoms with van der Waals surface area (Å²) in [6.07, 6.45) is 3.49. The van der Waals surface area contributed by atoms with Crippen LogP contribution >= 0.6 is 0 Å². The molecule has 1 fully saturated rings. The van der Waals surface area contributed by atoms with E-state index in [1.54, 1.807) is 50.6 Å². The molecule has 35 heavy (non-hydrogen) atoms. The van der Waals surface area contributed by atoms with Crippen LogP contribution in [0.5, 0.6) is 11.5 Å². The molecule has 0 spiro atoms. The number of methoxy groups -OCH3 is 2. The summed E-state index contributed by atoms with van der Waals surface area (Å²) in [4.78, 5) is 33.6. The molecule has 0 aliphatic carbocycles. The highest BCUT2D eigenvalue weighted by molar-refractivity contribution is 5.96. The summed E-state index contributed by atoms with van der Waals surface area (Å²) in [7, 11) is 3.22. The van der Waals surface area contributed by atoms with Crippen molar-refractivity contribution in [3.63, 3.8) is 0 Å². The van der Waals surface area contributed by atoms with E-state index in [4.69, 9.17) is 9.47 Å². The molecule has 0 saturated carbocycles. The summed E-state index contributed by atoms with van der Waals surface area (Å²) in [5.74, 6) is 1.22. The molecule has 1 N–H and O–H groups in total. The molecular weight excluding hydrogens is 444 g/mol. The summed E-state index contributed by atoms with van der Waals surface area (Å²) < 4.78 is 11.1. The Bertz CT molecular complexity index is 1180. The Kier molecular flexibility index (Phi) is 7.50. The van der Waals surface area contributed by atoms with Crippen molar-refractivity contribution in [3.8, 4) is 11.5 Å². The maximum atomic E-state index is 13.8. The highest BCUT2D eigenvalue weighted by atomic mass is 16.5. The number of carbonyl (C=O) groups is 2. The van der Waals surface area contributed by atoms with Gasteiger partial charge in [0.25, 0.3) is 5.91 Å². The minimum Gasteiger partial charge on any atom is -0.496 e. The quantitative estimate of drug-likeness (QED) is 0.562. The lowest BCUT2D eigenvalue weighted by molar-refractivity contribution is -0.131. The van der Waals surface area contributed by atoms with Crippen LogP contribution in [0.15, 0.2) is 67.0 Å². The lowest BCUT2D eigenvalue weighted by Gasteiger charge is -2.41. The maximum Gasteiger partial charge on any atom is 0.254 e. The zero-order valence-corrected chi connectivity index (χ0v) is 20.2. The van der Waals surface area contributed by atoms with Gasteiger partial charge in [0.2, 0.25) is 5.91 Å². The van der Waals surface area contributed by atoms with Crippen molar-refractivity contribution in [1.82, 2.24) is 14.8 Å². The fourth-order valence-electron chi connectivity index (χ4n) is 4.36. The van der Waals surface area contributed by atoms with Gasteiger partial charge < -0.3 is 24.6 Å². The van der Waals surface area contributed by atoms with Gasteiger partial charge >= 0.3 is 0 Å². The molecule has 1 atom stereocenters. The van der Waals surface area contributed by atoms with Crippen molar-refractivity contribution < 1.29 is 19.1 Å². The van der Waals surface area contributed by atoms with Gasteiger partial charge in [0.1, 0.15) is 11.5 Å². The second-order valence-electron chi connectivity index (χ2n) is 8.35. The van der Waals surface area contributed by atoms with E-state index in [9.17, 15) is 9.59 Å². The molecule has 2 heterocycles. The Labute approximate surface area is 205 Å². The highest BCUT2D eigenvalue weighted by Crippen LogP contribution is 2.34. The number of nitrogens with one attached hydrogen (secondary N) is 1. The first kappa shape index (κ1) is 24.1. The van der Waals surface area contributed by atoms with Gasteiger partial charge in [-0.1, -0.05) is 18.2 Å². The molecule has 1 saturated heterocycles. The Morgan fingerprint density at radius 1 is 1.00 bits per heavy atom. The second-order valence-corrected chi connectivity index (χ2v) is 8.35. The predicted octanol–water partition coefficient (Wildman–Crippen LogP) is 3.76. The lowest BCUT2D eigenvalue weighted by atomic mass is 9.99. The van der Waals surface area contributed by atoms with Crippen LogP contribution in [0.25, 0.3) is 0 Å². The third-order valence-corrected chi connectivity index (χ3v) is 6.26. The van der Waals surface area contributed by atoms with Crippen LogP contribution in [0.4, 0.5) is 5.69 Å². The number of ether oxygens (including phenoxy) is 2. The average Bonchev–Trinajstić information content (AvgIpc) is 2.91. The number of nitrogens with zero attached hydrogens (tertiary/aromatic N) is 3. The Hall–Kier alpha value is -4.07. The molecule has 2 amide bonds. The Morgan fingerprint density at radius 2 is 1.74 bits per heavy atom. The first-order valence-corrected chi connectivity index (χ1v) is 11.5. The number of hydrogen-bond donors (Lipinski definition) is 1. The molecule has 3 aromatic rings. The van der Waals surface area contributed by atoms with Gasteiger partial charge in [-0.3, -0.25) is 14.6 Å². The normalized spacial score (nSPS) is 15.5. The number of anilines is 1. The molecule has 182 valence electrons. The van der Waals surface area contributed by atoms with E-state index in [1.807, 2.05) is 47.4 Å². The standard InChI is InChI=1S/C27H30N4O4/c1-19(32)30-14-15-31(24(18-30)22-6-4-5-7-25(22)34-2)27(33)21-8-9-26(35-3)23(16-21)29-17-20-10-12-28-13-11-20/h4-13,16,24,29H,14-15,17-18H2,1-3H3. The molecule has 4 rings (SSSR count). The third-order valence-electron chi connectivity index (χ3n) is 6.26. The van der Waals surface area contributed by atoms with E-state index in [2.05, 4.69) is 10.3 Å². The molecule has 1 aliphatic heterocycles. The van der Waals surface area contributed by atoms with E-state index in [1.165, 1.54) is 0 Å². The van der Waals surface area contributed by atoms with Crippen LogP contribution in [-0.4, -0.2) is 60.5 Å². The van der Waals surface area contributed by atoms with Crippen LogP contribution in [0.3, 0.4) is 0 Å². The maximum absolute atomic E-state index is 13.8. The van der Waals surface area contributed by atoms with E-state index in [0.717, 1.165) is 16.8 Å². The molecule has 1 aromatic heterocycles. The highest BCUT2D eigenvalue weighted by Gasteiger charge is 2.34. The van der Waals surface area contributed by atoms with Crippen molar-refractivity contribution in [2.24, 2.45) is 0 Å². The smallest absolute Gasteiger partial charge is 0.254 e. The van der Waals surface area contributed by atoms with E-state index in [0.29, 0.717) is 43.2 Å². The molecule has 8 nitrogen and oxygen atoms in total. The van der Waals surface area contributed by atoms with Crippen LogP contribution in [0, 0.1) is 0 Å². The van der Waals surface area contributed by atoms with Crippen LogP contribution in [0.1, 0.15) is 34.5 Å². The number of aromatic nitrogens is 1. The van der Waals surface area contributed by atoms with E-state index < -0.39 is 0 Å². The van der Waals surface area contributed by atoms with Gasteiger partial charge in [-0.15, -0.1) is 0 Å². The van der Waals surface area contributed by atoms with Crippen molar-refractivity contribution >= 4 is 17.5 Å². The van der Waals surface area contributed by atoms with Gasteiger partial charge in [-0.2, -0.15) is 0 Å². The van der Waals surface area contributed by atoms with Gasteiger partial charge in [0.05, 0.1) is 25.9 Å². The van der Waals surface area contributed by atoms with Crippen LogP contribution in [-0.2, 0) is 11.3 Å². The monoisotopic (exact) mass is 474 g/mol. The van der Waals surface area contributed by atoms with Crippen molar-refractivity contribution in [3.05, 3.63) is 83.7 Å². The number of carbonyl (C=O) groups excluding carboxylic acids is 2. The topological polar surface area (TPSA) is 84.0 Å². The summed E-state index contributed by atoms with van der Waals surface area (Å²) in [6, 6.07) is 16.6. The second kappa shape index (κ2) is 10.9. The van der Waals surface area contributed by atoms with Gasteiger partial charge in [0.15, 0.2) is 0 Å². The number of piperazine rings is 1. The van der Waals surface area contributed by atoms with E-state index >= 15 is 0 Å². The summed E-state index contributed by atoms with van der Waals surface area (Å²) in [6.45, 7) is 3.44. The summed E-state index contributed by atoms with van der Waals surface area (Å²) in [5.41, 5.74) is 3.21. The zero-order chi connectivity index (χ0) is 24.8. The molecule has 0 bridgehead atoms. The van der Waals surface area contributed by atoms with Crippen LogP contribution < -0.4 is 14.8 Å². The van der Waals surface area contributed by atoms with Crippen molar-refractivity contribution in [2.45, 2.75) is 19.5 Å². The largest absolute Gasteiger partial charge is 0.496 e. The predicted molar refractivity (Wildman–Crippen MR) is 134 cm³/mol. The minimum absolute atomic E-state index is 0.0101. The summed E-state index contributed by atoms with van der Waals surface area (Å²) >= 11 is 0. The third kappa shape index (κ3) is 5.37. The molecule has 1 unspecified atom stereocenters. The number of pyridine rings is 1. The fraction of sp³-hybridized carbons (Fsp3) is 0.296. The number of hydrogen-bond acceptors (Lipinski definition) is 6. The van der Waals surface area contributed by atoms with Crippen molar-refractivity contribution in [1.29, 1.82) is 0 Å². The number of para-hydroxylation sites is 1. The van der Waals surface area contributed by atoms with Crippen LogP contribution in [0.2, 0.25) is 0 Å². The number of rotatable bonds is 7. The van der Waals surface area contributed by atoms with Gasteiger partial charge in [-0.05, 0) is 42.0 Å². The molecule has 0 radical (unpaired) electrons. The SMILES string of the molecule is COc1ccc(C(=O)N2CCN(C(C)=O)CC2c2ccccc2OC)cc1NCc1ccncc1. The first-order chi connectivity index (χ1) is 17.0. The van der Waals surface area contributed by atoms with Crippen molar-refractivity contribution in [2.75, 3.05) is 39.2 Å². The summed E-state index contributed by atoms with van der Waals surface area (Å²) in [5, 5.41) is 3.37. The molecule has 8 heteroatoms. The van der Waals surface area contributed by atoms with E-state index in [-0.39, 0.29) is 17.9 Å². The minimum atomic E-state index is -0.327.